The third-order valence-electron chi connectivity index (χ3n) is 5.42. The van der Waals surface area contributed by atoms with E-state index in [9.17, 15) is 4.79 Å². The Morgan fingerprint density at radius 2 is 1.75 bits per heavy atom. The van der Waals surface area contributed by atoms with Gasteiger partial charge in [-0.3, -0.25) is 0 Å². The first kappa shape index (κ1) is 20.2. The zero-order valence-electron chi connectivity index (χ0n) is 17.5. The Bertz CT molecular complexity index is 1410. The van der Waals surface area contributed by atoms with Crippen molar-refractivity contribution in [2.75, 3.05) is 11.9 Å². The molecule has 2 aromatic heterocycles. The molecule has 158 valence electrons. The Morgan fingerprint density at radius 1 is 0.969 bits per heavy atom. The van der Waals surface area contributed by atoms with Crippen LogP contribution in [-0.4, -0.2) is 22.5 Å². The van der Waals surface area contributed by atoms with Crippen molar-refractivity contribution >= 4 is 49.8 Å². The fraction of sp³-hybridized carbons (Fsp3) is 0.115. The lowest BCUT2D eigenvalue weighted by molar-refractivity contribution is 0.0514. The van der Waals surface area contributed by atoms with Crippen molar-refractivity contribution in [3.8, 4) is 0 Å². The Morgan fingerprint density at radius 3 is 2.62 bits per heavy atom. The number of aromatic nitrogens is 2. The lowest BCUT2D eigenvalue weighted by Gasteiger charge is -2.10. The highest BCUT2D eigenvalue weighted by Crippen LogP contribution is 2.36. The van der Waals surface area contributed by atoms with Gasteiger partial charge >= 0.3 is 5.97 Å². The number of esters is 1. The highest BCUT2D eigenvalue weighted by molar-refractivity contribution is 7.20. The van der Waals surface area contributed by atoms with Gasteiger partial charge in [0, 0.05) is 17.5 Å². The number of thiophene rings is 1. The Hall–Kier alpha value is -3.77. The molecule has 5 aromatic rings. The lowest BCUT2D eigenvalue weighted by atomic mass is 10.1. The molecule has 1 N–H and O–H groups in total. The van der Waals surface area contributed by atoms with Gasteiger partial charge in [0.15, 0.2) is 0 Å². The first-order valence-electron chi connectivity index (χ1n) is 10.4. The van der Waals surface area contributed by atoms with Crippen LogP contribution in [0, 0.1) is 6.92 Å². The molecule has 6 heteroatoms. The molecule has 0 saturated heterocycles. The smallest absolute Gasteiger partial charge is 0.348 e. The lowest BCUT2D eigenvalue weighted by Crippen LogP contribution is -2.07. The largest absolute Gasteiger partial charge is 0.461 e. The SMILES string of the molecule is Cc1c(C(=O)OCCc2ccccc2)sc2ncnc(Nc3cccc4ccccc34)c12. The van der Waals surface area contributed by atoms with E-state index < -0.39 is 0 Å². The minimum Gasteiger partial charge on any atom is -0.461 e. The van der Waals surface area contributed by atoms with Crippen molar-refractivity contribution in [1.29, 1.82) is 0 Å². The molecule has 0 aliphatic rings. The van der Waals surface area contributed by atoms with E-state index in [1.165, 1.54) is 17.7 Å². The summed E-state index contributed by atoms with van der Waals surface area (Å²) in [7, 11) is 0. The van der Waals surface area contributed by atoms with Crippen LogP contribution in [-0.2, 0) is 11.2 Å². The number of aryl methyl sites for hydroxylation is 1. The second kappa shape index (κ2) is 8.77. The van der Waals surface area contributed by atoms with Crippen LogP contribution in [0.5, 0.6) is 0 Å². The number of ether oxygens (including phenoxy) is 1. The Balaban J connectivity index is 1.41. The number of hydrogen-bond acceptors (Lipinski definition) is 6. The van der Waals surface area contributed by atoms with Crippen molar-refractivity contribution in [3.05, 3.63) is 95.1 Å². The van der Waals surface area contributed by atoms with E-state index in [1.807, 2.05) is 61.5 Å². The summed E-state index contributed by atoms with van der Waals surface area (Å²) in [6.45, 7) is 2.26. The predicted molar refractivity (Wildman–Crippen MR) is 130 cm³/mol. The van der Waals surface area contributed by atoms with Crippen LogP contribution in [0.25, 0.3) is 21.0 Å². The van der Waals surface area contributed by atoms with Gasteiger partial charge in [0.2, 0.25) is 0 Å². The summed E-state index contributed by atoms with van der Waals surface area (Å²) >= 11 is 1.34. The number of carbonyl (C=O) groups is 1. The van der Waals surface area contributed by atoms with Gasteiger partial charge in [-0.05, 0) is 29.5 Å². The minimum absolute atomic E-state index is 0.322. The third-order valence-corrected chi connectivity index (χ3v) is 6.60. The van der Waals surface area contributed by atoms with E-state index in [4.69, 9.17) is 4.74 Å². The van der Waals surface area contributed by atoms with Gasteiger partial charge in [-0.1, -0.05) is 66.7 Å². The first-order chi connectivity index (χ1) is 15.7. The molecule has 2 heterocycles. The van der Waals surface area contributed by atoms with Gasteiger partial charge in [-0.25, -0.2) is 14.8 Å². The van der Waals surface area contributed by atoms with Crippen molar-refractivity contribution in [3.63, 3.8) is 0 Å². The molecule has 0 fully saturated rings. The number of benzene rings is 3. The maximum Gasteiger partial charge on any atom is 0.348 e. The third kappa shape index (κ3) is 3.92. The molecular weight excluding hydrogens is 418 g/mol. The topological polar surface area (TPSA) is 64.1 Å². The molecule has 0 amide bonds. The molecule has 0 bridgehead atoms. The predicted octanol–water partition coefficient (Wildman–Crippen LogP) is 6.30. The molecule has 3 aromatic carbocycles. The average Bonchev–Trinajstić information content (AvgIpc) is 3.17. The minimum atomic E-state index is -0.322. The van der Waals surface area contributed by atoms with E-state index >= 15 is 0 Å². The van der Waals surface area contributed by atoms with Gasteiger partial charge in [-0.2, -0.15) is 0 Å². The van der Waals surface area contributed by atoms with E-state index in [0.717, 1.165) is 37.8 Å². The number of rotatable bonds is 6. The fourth-order valence-electron chi connectivity index (χ4n) is 3.79. The zero-order valence-corrected chi connectivity index (χ0v) is 18.4. The summed E-state index contributed by atoms with van der Waals surface area (Å²) in [5.41, 5.74) is 2.93. The molecule has 0 unspecified atom stereocenters. The molecule has 32 heavy (non-hydrogen) atoms. The van der Waals surface area contributed by atoms with Crippen LogP contribution >= 0.6 is 11.3 Å². The molecule has 0 aliphatic carbocycles. The van der Waals surface area contributed by atoms with Crippen LogP contribution in [0.15, 0.2) is 79.1 Å². The molecule has 0 spiro atoms. The summed E-state index contributed by atoms with van der Waals surface area (Å²) in [5, 5.41) is 6.55. The summed E-state index contributed by atoms with van der Waals surface area (Å²) in [5.74, 6) is 0.362. The molecule has 0 aliphatic heterocycles. The van der Waals surface area contributed by atoms with E-state index in [1.54, 1.807) is 0 Å². The number of hydrogen-bond donors (Lipinski definition) is 1. The van der Waals surface area contributed by atoms with Crippen LogP contribution in [0.2, 0.25) is 0 Å². The molecule has 5 rings (SSSR count). The monoisotopic (exact) mass is 439 g/mol. The van der Waals surface area contributed by atoms with E-state index in [-0.39, 0.29) is 5.97 Å². The zero-order chi connectivity index (χ0) is 21.9. The normalized spacial score (nSPS) is 11.0. The second-order valence-electron chi connectivity index (χ2n) is 7.48. The number of carbonyl (C=O) groups excluding carboxylic acids is 1. The van der Waals surface area contributed by atoms with Gasteiger partial charge < -0.3 is 10.1 Å². The molecule has 0 atom stereocenters. The van der Waals surface area contributed by atoms with Gasteiger partial charge in [0.1, 0.15) is 21.9 Å². The Labute approximate surface area is 189 Å². The average molecular weight is 440 g/mol. The molecule has 0 radical (unpaired) electrons. The number of nitrogens with zero attached hydrogens (tertiary/aromatic N) is 2. The van der Waals surface area contributed by atoms with Crippen molar-refractivity contribution in [1.82, 2.24) is 9.97 Å². The van der Waals surface area contributed by atoms with Crippen molar-refractivity contribution in [2.45, 2.75) is 13.3 Å². The fourth-order valence-corrected chi connectivity index (χ4v) is 4.84. The van der Waals surface area contributed by atoms with Crippen LogP contribution in [0.3, 0.4) is 0 Å². The van der Waals surface area contributed by atoms with Crippen LogP contribution in [0.4, 0.5) is 11.5 Å². The highest BCUT2D eigenvalue weighted by atomic mass is 32.1. The second-order valence-corrected chi connectivity index (χ2v) is 8.48. The highest BCUT2D eigenvalue weighted by Gasteiger charge is 2.20. The van der Waals surface area contributed by atoms with Crippen LogP contribution < -0.4 is 5.32 Å². The van der Waals surface area contributed by atoms with E-state index in [2.05, 4.69) is 33.5 Å². The number of fused-ring (bicyclic) bond motifs is 2. The van der Waals surface area contributed by atoms with Gasteiger partial charge in [-0.15, -0.1) is 11.3 Å². The van der Waals surface area contributed by atoms with Crippen molar-refractivity contribution in [2.24, 2.45) is 0 Å². The van der Waals surface area contributed by atoms with Gasteiger partial charge in [0.05, 0.1) is 12.0 Å². The van der Waals surface area contributed by atoms with E-state index in [0.29, 0.717) is 23.7 Å². The van der Waals surface area contributed by atoms with Crippen LogP contribution in [0.1, 0.15) is 20.8 Å². The summed E-state index contributed by atoms with van der Waals surface area (Å²) in [4.78, 5) is 23.0. The van der Waals surface area contributed by atoms with Gasteiger partial charge in [0.25, 0.3) is 0 Å². The number of nitrogens with one attached hydrogen (secondary N) is 1. The summed E-state index contributed by atoms with van der Waals surface area (Å²) in [6, 6.07) is 24.3. The maximum atomic E-state index is 12.8. The first-order valence-corrected chi connectivity index (χ1v) is 11.2. The standard InChI is InChI=1S/C26H21N3O2S/c1-17-22-24(29-21-13-7-11-19-10-5-6-12-20(19)21)27-16-28-25(22)32-23(17)26(30)31-15-14-18-8-3-2-4-9-18/h2-13,16H,14-15H2,1H3,(H,27,28,29). The summed E-state index contributed by atoms with van der Waals surface area (Å²) in [6.07, 6.45) is 2.21. The molecular formula is C26H21N3O2S. The number of anilines is 2. The molecule has 0 saturated carbocycles. The van der Waals surface area contributed by atoms with Crippen molar-refractivity contribution < 1.29 is 9.53 Å². The quantitative estimate of drug-likeness (QED) is 0.315. The summed E-state index contributed by atoms with van der Waals surface area (Å²) < 4.78 is 5.56. The maximum absolute atomic E-state index is 12.8. The molecule has 5 nitrogen and oxygen atoms in total. The Kier molecular flexibility index (Phi) is 5.52.